The van der Waals surface area contributed by atoms with Crippen molar-refractivity contribution < 1.29 is 5.11 Å². The molecule has 21 heavy (non-hydrogen) atoms. The van der Waals surface area contributed by atoms with Crippen molar-refractivity contribution in [2.75, 3.05) is 0 Å². The zero-order chi connectivity index (χ0) is 14.7. The maximum absolute atomic E-state index is 10.4. The number of aromatic nitrogens is 1. The monoisotopic (exact) mass is 341 g/mol. The second-order valence-electron chi connectivity index (χ2n) is 5.21. The molecular weight excluding hydrogens is 326 g/mol. The fourth-order valence-electron chi connectivity index (χ4n) is 2.64. The van der Waals surface area contributed by atoms with Crippen molar-refractivity contribution in [1.82, 2.24) is 4.98 Å². The topological polar surface area (TPSA) is 33.1 Å². The molecule has 0 saturated heterocycles. The lowest BCUT2D eigenvalue weighted by Crippen LogP contribution is -2.14. The quantitative estimate of drug-likeness (QED) is 0.773. The van der Waals surface area contributed by atoms with Crippen LogP contribution in [-0.4, -0.2) is 16.2 Å². The minimum Gasteiger partial charge on any atom is -0.392 e. The van der Waals surface area contributed by atoms with Gasteiger partial charge in [0, 0.05) is 23.3 Å². The number of hydrogen-bond donors (Lipinski definition) is 1. The zero-order valence-corrected chi connectivity index (χ0v) is 13.1. The van der Waals surface area contributed by atoms with E-state index in [4.69, 9.17) is 0 Å². The average Bonchev–Trinajstić information content (AvgIpc) is 2.47. The van der Waals surface area contributed by atoms with Gasteiger partial charge in [0.15, 0.2) is 0 Å². The zero-order valence-electron chi connectivity index (χ0n) is 11.5. The van der Waals surface area contributed by atoms with Crippen LogP contribution in [0.15, 0.2) is 65.4 Å². The Morgan fingerprint density at radius 1 is 1.00 bits per heavy atom. The molecule has 0 aliphatic carbocycles. The summed E-state index contributed by atoms with van der Waals surface area (Å²) in [7, 11) is 0. The van der Waals surface area contributed by atoms with Crippen molar-refractivity contribution in [1.29, 1.82) is 0 Å². The smallest absolute Gasteiger partial charge is 0.0621 e. The number of halogens is 1. The molecule has 0 spiro atoms. The van der Waals surface area contributed by atoms with E-state index in [0.717, 1.165) is 10.0 Å². The number of rotatable bonds is 4. The summed E-state index contributed by atoms with van der Waals surface area (Å²) < 4.78 is 0.942. The molecule has 3 rings (SSSR count). The summed E-state index contributed by atoms with van der Waals surface area (Å²) in [6.07, 6.45) is 4.40. The van der Waals surface area contributed by atoms with E-state index in [9.17, 15) is 5.11 Å². The Morgan fingerprint density at radius 3 is 2.67 bits per heavy atom. The van der Waals surface area contributed by atoms with Crippen molar-refractivity contribution in [3.8, 4) is 0 Å². The number of aliphatic hydroxyl groups is 1. The maximum Gasteiger partial charge on any atom is 0.0621 e. The summed E-state index contributed by atoms with van der Waals surface area (Å²) in [5.74, 6) is 0. The molecule has 0 aliphatic heterocycles. The minimum atomic E-state index is -0.410. The van der Waals surface area contributed by atoms with Gasteiger partial charge >= 0.3 is 0 Å². The number of hydrogen-bond acceptors (Lipinski definition) is 2. The average molecular weight is 342 g/mol. The second kappa shape index (κ2) is 6.37. The van der Waals surface area contributed by atoms with Gasteiger partial charge in [0.05, 0.1) is 6.10 Å². The van der Waals surface area contributed by atoms with Crippen LogP contribution in [0.2, 0.25) is 0 Å². The van der Waals surface area contributed by atoms with Crippen LogP contribution in [-0.2, 0) is 12.8 Å². The van der Waals surface area contributed by atoms with E-state index < -0.39 is 6.10 Å². The number of benzene rings is 2. The molecule has 1 N–H and O–H groups in total. The Balaban J connectivity index is 1.79. The van der Waals surface area contributed by atoms with E-state index >= 15 is 0 Å². The lowest BCUT2D eigenvalue weighted by Gasteiger charge is -2.13. The van der Waals surface area contributed by atoms with Crippen LogP contribution < -0.4 is 0 Å². The van der Waals surface area contributed by atoms with E-state index in [-0.39, 0.29) is 0 Å². The van der Waals surface area contributed by atoms with Crippen molar-refractivity contribution in [2.24, 2.45) is 0 Å². The molecule has 106 valence electrons. The number of fused-ring (bicyclic) bond motifs is 1. The molecule has 0 radical (unpaired) electrons. The fourth-order valence-corrected chi connectivity index (χ4v) is 3.05. The van der Waals surface area contributed by atoms with Crippen LogP contribution in [0.3, 0.4) is 0 Å². The van der Waals surface area contributed by atoms with Crippen molar-refractivity contribution in [3.63, 3.8) is 0 Å². The number of nitrogens with zero attached hydrogens (tertiary/aromatic N) is 1. The Morgan fingerprint density at radius 2 is 1.81 bits per heavy atom. The third-order valence-corrected chi connectivity index (χ3v) is 4.00. The Labute approximate surface area is 132 Å². The Kier molecular flexibility index (Phi) is 4.32. The van der Waals surface area contributed by atoms with Gasteiger partial charge in [-0.2, -0.15) is 0 Å². The first-order chi connectivity index (χ1) is 10.2. The van der Waals surface area contributed by atoms with E-state index in [0.29, 0.717) is 12.8 Å². The van der Waals surface area contributed by atoms with E-state index in [1.807, 2.05) is 24.3 Å². The molecule has 0 fully saturated rings. The van der Waals surface area contributed by atoms with Gasteiger partial charge in [-0.1, -0.05) is 42.5 Å². The van der Waals surface area contributed by atoms with Crippen LogP contribution in [0, 0.1) is 0 Å². The lowest BCUT2D eigenvalue weighted by atomic mass is 9.97. The summed E-state index contributed by atoms with van der Waals surface area (Å²) in [4.78, 5) is 4.14. The van der Waals surface area contributed by atoms with Gasteiger partial charge in [0.1, 0.15) is 0 Å². The highest BCUT2D eigenvalue weighted by Crippen LogP contribution is 2.21. The fraction of sp³-hybridized carbons (Fsp3) is 0.167. The molecule has 1 heterocycles. The first-order valence-corrected chi connectivity index (χ1v) is 7.76. The molecule has 0 aliphatic rings. The molecule has 2 aromatic carbocycles. The third kappa shape index (κ3) is 3.49. The van der Waals surface area contributed by atoms with Crippen molar-refractivity contribution >= 4 is 26.7 Å². The molecule has 0 amide bonds. The molecular formula is C18H16BrNO. The summed E-state index contributed by atoms with van der Waals surface area (Å²) in [6.45, 7) is 0. The predicted octanol–water partition coefficient (Wildman–Crippen LogP) is 4.14. The first kappa shape index (κ1) is 14.2. The van der Waals surface area contributed by atoms with Gasteiger partial charge in [-0.05, 0) is 50.3 Å². The normalized spacial score (nSPS) is 12.5. The largest absolute Gasteiger partial charge is 0.392 e. The van der Waals surface area contributed by atoms with Gasteiger partial charge in [0.2, 0.25) is 0 Å². The van der Waals surface area contributed by atoms with Gasteiger partial charge in [-0.15, -0.1) is 0 Å². The van der Waals surface area contributed by atoms with Crippen LogP contribution in [0.5, 0.6) is 0 Å². The highest BCUT2D eigenvalue weighted by Gasteiger charge is 2.09. The predicted molar refractivity (Wildman–Crippen MR) is 89.3 cm³/mol. The van der Waals surface area contributed by atoms with Crippen molar-refractivity contribution in [3.05, 3.63) is 76.5 Å². The van der Waals surface area contributed by atoms with Crippen LogP contribution in [0.4, 0.5) is 0 Å². The van der Waals surface area contributed by atoms with Crippen LogP contribution in [0.1, 0.15) is 11.1 Å². The van der Waals surface area contributed by atoms with Gasteiger partial charge in [-0.25, -0.2) is 0 Å². The number of pyridine rings is 1. The minimum absolute atomic E-state index is 0.410. The van der Waals surface area contributed by atoms with E-state index in [1.54, 1.807) is 12.4 Å². The standard InChI is InChI=1S/C18H16BrNO/c19-16-8-13(11-20-12-16)9-17(21)10-15-6-3-5-14-4-1-2-7-18(14)15/h1-8,11-12,17,21H,9-10H2. The van der Waals surface area contributed by atoms with E-state index in [2.05, 4.69) is 45.2 Å². The molecule has 1 atom stereocenters. The molecule has 3 aromatic rings. The highest BCUT2D eigenvalue weighted by molar-refractivity contribution is 9.10. The molecule has 1 unspecified atom stereocenters. The lowest BCUT2D eigenvalue weighted by molar-refractivity contribution is 0.175. The van der Waals surface area contributed by atoms with Gasteiger partial charge < -0.3 is 5.11 Å². The molecule has 1 aromatic heterocycles. The molecule has 3 heteroatoms. The summed E-state index contributed by atoms with van der Waals surface area (Å²) in [5.41, 5.74) is 2.22. The van der Waals surface area contributed by atoms with Gasteiger partial charge in [-0.3, -0.25) is 4.98 Å². The Bertz CT molecular complexity index is 752. The molecule has 0 saturated carbocycles. The SMILES string of the molecule is OC(Cc1cncc(Br)c1)Cc1cccc2ccccc12. The number of aliphatic hydroxyl groups excluding tert-OH is 1. The maximum atomic E-state index is 10.4. The second-order valence-corrected chi connectivity index (χ2v) is 6.13. The summed E-state index contributed by atoms with van der Waals surface area (Å²) in [6, 6.07) is 16.5. The Hall–Kier alpha value is -1.71. The summed E-state index contributed by atoms with van der Waals surface area (Å²) >= 11 is 3.41. The molecule has 0 bridgehead atoms. The molecule has 2 nitrogen and oxygen atoms in total. The van der Waals surface area contributed by atoms with E-state index in [1.165, 1.54) is 16.3 Å². The van der Waals surface area contributed by atoms with Crippen LogP contribution in [0.25, 0.3) is 10.8 Å². The van der Waals surface area contributed by atoms with Gasteiger partial charge in [0.25, 0.3) is 0 Å². The van der Waals surface area contributed by atoms with Crippen molar-refractivity contribution in [2.45, 2.75) is 18.9 Å². The third-order valence-electron chi connectivity index (χ3n) is 3.57. The highest BCUT2D eigenvalue weighted by atomic mass is 79.9. The van der Waals surface area contributed by atoms with Crippen LogP contribution >= 0.6 is 15.9 Å². The first-order valence-electron chi connectivity index (χ1n) is 6.96. The summed E-state index contributed by atoms with van der Waals surface area (Å²) in [5, 5.41) is 12.8.